The van der Waals surface area contributed by atoms with Gasteiger partial charge >= 0.3 is 5.69 Å². The molecule has 0 radical (unpaired) electrons. The van der Waals surface area contributed by atoms with Crippen molar-refractivity contribution in [3.63, 3.8) is 0 Å². The highest BCUT2D eigenvalue weighted by atomic mass is 16.1. The fraction of sp³-hybridized carbons (Fsp3) is 0.500. The van der Waals surface area contributed by atoms with Gasteiger partial charge in [0, 0.05) is 11.7 Å². The van der Waals surface area contributed by atoms with E-state index in [4.69, 9.17) is 0 Å². The summed E-state index contributed by atoms with van der Waals surface area (Å²) in [4.78, 5) is 16.9. The normalized spacial score (nSPS) is 11.2. The Labute approximate surface area is 71.0 Å². The summed E-state index contributed by atoms with van der Waals surface area (Å²) in [5.41, 5.74) is -0.381. The summed E-state index contributed by atoms with van der Waals surface area (Å²) in [5, 5.41) is 3.13. The Hall–Kier alpha value is -1.32. The second kappa shape index (κ2) is 2.97. The van der Waals surface area contributed by atoms with E-state index in [1.165, 1.54) is 6.20 Å². The molecular weight excluding hydrogens is 154 g/mol. The molecule has 0 aliphatic rings. The SMILES string of the molecule is CC(C)(C)Nc1ccnc(=O)[nH]1. The standard InChI is InChI=1S/C8H13N3O/c1-8(2,3)11-6-4-5-9-7(12)10-6/h4-5H,1-3H3,(H2,9,10,11,12). The van der Waals surface area contributed by atoms with Gasteiger partial charge in [0.05, 0.1) is 0 Å². The molecule has 0 aliphatic heterocycles. The molecule has 0 saturated heterocycles. The van der Waals surface area contributed by atoms with Crippen LogP contribution < -0.4 is 11.0 Å². The molecule has 1 aromatic heterocycles. The summed E-state index contributed by atoms with van der Waals surface area (Å²) in [7, 11) is 0. The first-order chi connectivity index (χ1) is 5.47. The minimum absolute atomic E-state index is 0.0513. The summed E-state index contributed by atoms with van der Waals surface area (Å²) in [6.45, 7) is 6.06. The monoisotopic (exact) mass is 167 g/mol. The van der Waals surface area contributed by atoms with Gasteiger partial charge in [-0.05, 0) is 26.8 Å². The molecular formula is C8H13N3O. The Kier molecular flexibility index (Phi) is 2.17. The van der Waals surface area contributed by atoms with Crippen LogP contribution in [0.1, 0.15) is 20.8 Å². The van der Waals surface area contributed by atoms with Crippen molar-refractivity contribution in [1.29, 1.82) is 0 Å². The summed E-state index contributed by atoms with van der Waals surface area (Å²) < 4.78 is 0. The van der Waals surface area contributed by atoms with Gasteiger partial charge in [-0.3, -0.25) is 4.98 Å². The lowest BCUT2D eigenvalue weighted by molar-refractivity contribution is 0.629. The lowest BCUT2D eigenvalue weighted by atomic mass is 10.1. The molecule has 0 aromatic carbocycles. The van der Waals surface area contributed by atoms with Crippen molar-refractivity contribution < 1.29 is 0 Å². The molecule has 1 heterocycles. The molecule has 4 heteroatoms. The number of nitrogens with one attached hydrogen (secondary N) is 2. The molecule has 0 spiro atoms. The van der Waals surface area contributed by atoms with Crippen LogP contribution in [0, 0.1) is 0 Å². The van der Waals surface area contributed by atoms with Gasteiger partial charge in [-0.25, -0.2) is 9.78 Å². The molecule has 4 nitrogen and oxygen atoms in total. The van der Waals surface area contributed by atoms with Crippen LogP contribution >= 0.6 is 0 Å². The maximum Gasteiger partial charge on any atom is 0.346 e. The van der Waals surface area contributed by atoms with Crippen LogP contribution in [0.3, 0.4) is 0 Å². The summed E-state index contributed by atoms with van der Waals surface area (Å²) in [5.74, 6) is 0.697. The summed E-state index contributed by atoms with van der Waals surface area (Å²) in [6.07, 6.45) is 1.48. The van der Waals surface area contributed by atoms with Crippen LogP contribution in [0.5, 0.6) is 0 Å². The molecule has 1 aromatic rings. The van der Waals surface area contributed by atoms with E-state index < -0.39 is 0 Å². The first-order valence-corrected chi connectivity index (χ1v) is 3.81. The molecule has 0 unspecified atom stereocenters. The minimum Gasteiger partial charge on any atom is -0.367 e. The largest absolute Gasteiger partial charge is 0.367 e. The first-order valence-electron chi connectivity index (χ1n) is 3.81. The molecule has 0 atom stereocenters. The molecule has 66 valence electrons. The molecule has 0 aliphatic carbocycles. The van der Waals surface area contributed by atoms with Crippen LogP contribution in [0.15, 0.2) is 17.1 Å². The molecule has 0 bridgehead atoms. The number of aromatic amines is 1. The van der Waals surface area contributed by atoms with Crippen LogP contribution in [-0.4, -0.2) is 15.5 Å². The lowest BCUT2D eigenvalue weighted by Crippen LogP contribution is -2.28. The minimum atomic E-state index is -0.329. The zero-order chi connectivity index (χ0) is 9.19. The Morgan fingerprint density at radius 3 is 2.67 bits per heavy atom. The Bertz CT molecular complexity index is 311. The number of hydrogen-bond donors (Lipinski definition) is 2. The zero-order valence-electron chi connectivity index (χ0n) is 7.51. The van der Waals surface area contributed by atoms with Gasteiger partial charge in [-0.1, -0.05) is 0 Å². The number of hydrogen-bond acceptors (Lipinski definition) is 3. The van der Waals surface area contributed by atoms with Crippen LogP contribution in [0.4, 0.5) is 5.82 Å². The van der Waals surface area contributed by atoms with Crippen molar-refractivity contribution in [2.45, 2.75) is 26.3 Å². The summed E-state index contributed by atoms with van der Waals surface area (Å²) >= 11 is 0. The van der Waals surface area contributed by atoms with Gasteiger partial charge in [0.15, 0.2) is 0 Å². The molecule has 12 heavy (non-hydrogen) atoms. The predicted molar refractivity (Wildman–Crippen MR) is 48.2 cm³/mol. The number of aromatic nitrogens is 2. The van der Waals surface area contributed by atoms with E-state index in [1.54, 1.807) is 6.07 Å². The van der Waals surface area contributed by atoms with Gasteiger partial charge in [0.25, 0.3) is 0 Å². The fourth-order valence-electron chi connectivity index (χ4n) is 0.846. The quantitative estimate of drug-likeness (QED) is 0.655. The molecule has 0 amide bonds. The Balaban J connectivity index is 2.84. The number of H-pyrrole nitrogens is 1. The van der Waals surface area contributed by atoms with Crippen molar-refractivity contribution in [3.8, 4) is 0 Å². The maximum absolute atomic E-state index is 10.8. The Morgan fingerprint density at radius 2 is 2.17 bits per heavy atom. The number of anilines is 1. The maximum atomic E-state index is 10.8. The third-order valence-corrected chi connectivity index (χ3v) is 1.18. The van der Waals surface area contributed by atoms with Crippen molar-refractivity contribution >= 4 is 5.82 Å². The van der Waals surface area contributed by atoms with Gasteiger partial charge < -0.3 is 5.32 Å². The van der Waals surface area contributed by atoms with Gasteiger partial charge in [-0.2, -0.15) is 0 Å². The number of nitrogens with zero attached hydrogens (tertiary/aromatic N) is 1. The highest BCUT2D eigenvalue weighted by Crippen LogP contribution is 2.08. The number of rotatable bonds is 1. The van der Waals surface area contributed by atoms with Crippen molar-refractivity contribution in [2.24, 2.45) is 0 Å². The highest BCUT2D eigenvalue weighted by molar-refractivity contribution is 5.34. The fourth-order valence-corrected chi connectivity index (χ4v) is 0.846. The Morgan fingerprint density at radius 1 is 1.50 bits per heavy atom. The van der Waals surface area contributed by atoms with E-state index in [0.717, 1.165) is 0 Å². The van der Waals surface area contributed by atoms with Crippen LogP contribution in [-0.2, 0) is 0 Å². The average Bonchev–Trinajstić information content (AvgIpc) is 1.82. The molecule has 1 rings (SSSR count). The van der Waals surface area contributed by atoms with E-state index in [9.17, 15) is 4.79 Å². The second-order valence-corrected chi connectivity index (χ2v) is 3.66. The highest BCUT2D eigenvalue weighted by Gasteiger charge is 2.08. The lowest BCUT2D eigenvalue weighted by Gasteiger charge is -2.21. The van der Waals surface area contributed by atoms with Crippen molar-refractivity contribution in [2.75, 3.05) is 5.32 Å². The van der Waals surface area contributed by atoms with Crippen molar-refractivity contribution in [1.82, 2.24) is 9.97 Å². The molecule has 0 saturated carbocycles. The van der Waals surface area contributed by atoms with Crippen molar-refractivity contribution in [3.05, 3.63) is 22.7 Å². The van der Waals surface area contributed by atoms with Gasteiger partial charge in [-0.15, -0.1) is 0 Å². The third kappa shape index (κ3) is 2.74. The van der Waals surface area contributed by atoms with Gasteiger partial charge in [0.2, 0.25) is 0 Å². The molecule has 2 N–H and O–H groups in total. The zero-order valence-corrected chi connectivity index (χ0v) is 7.51. The first kappa shape index (κ1) is 8.77. The van der Waals surface area contributed by atoms with E-state index in [-0.39, 0.29) is 11.2 Å². The second-order valence-electron chi connectivity index (χ2n) is 3.66. The van der Waals surface area contributed by atoms with E-state index in [2.05, 4.69) is 15.3 Å². The van der Waals surface area contributed by atoms with E-state index in [1.807, 2.05) is 20.8 Å². The van der Waals surface area contributed by atoms with E-state index in [0.29, 0.717) is 5.82 Å². The van der Waals surface area contributed by atoms with E-state index >= 15 is 0 Å². The molecule has 0 fully saturated rings. The topological polar surface area (TPSA) is 57.8 Å². The third-order valence-electron chi connectivity index (χ3n) is 1.18. The summed E-state index contributed by atoms with van der Waals surface area (Å²) in [6, 6.07) is 1.73. The smallest absolute Gasteiger partial charge is 0.346 e. The predicted octanol–water partition coefficient (Wildman–Crippen LogP) is 0.980. The van der Waals surface area contributed by atoms with Crippen LogP contribution in [0.25, 0.3) is 0 Å². The van der Waals surface area contributed by atoms with Crippen LogP contribution in [0.2, 0.25) is 0 Å². The van der Waals surface area contributed by atoms with Gasteiger partial charge in [0.1, 0.15) is 5.82 Å². The average molecular weight is 167 g/mol.